The molecule has 22 heavy (non-hydrogen) atoms. The van der Waals surface area contributed by atoms with Crippen LogP contribution < -0.4 is 10.5 Å². The molecule has 6 nitrogen and oxygen atoms in total. The number of rotatable bonds is 2. The van der Waals surface area contributed by atoms with E-state index in [0.29, 0.717) is 11.2 Å². The number of pyridine rings is 2. The number of nitriles is 1. The highest BCUT2D eigenvalue weighted by molar-refractivity contribution is 5.93. The number of nitrogens with one attached hydrogen (secondary N) is 1. The van der Waals surface area contributed by atoms with Gasteiger partial charge in [0.1, 0.15) is 11.6 Å². The SMILES string of the molecule is COC1(C)CCN(c2c(C#N)c(=O)[nH]c3cnccc23)CC1. The summed E-state index contributed by atoms with van der Waals surface area (Å²) in [4.78, 5) is 21.0. The van der Waals surface area contributed by atoms with Gasteiger partial charge in [-0.2, -0.15) is 5.26 Å². The lowest BCUT2D eigenvalue weighted by atomic mass is 9.92. The number of hydrogen-bond donors (Lipinski definition) is 1. The van der Waals surface area contributed by atoms with Gasteiger partial charge in [0.15, 0.2) is 0 Å². The maximum absolute atomic E-state index is 12.2. The number of hydrogen-bond acceptors (Lipinski definition) is 5. The summed E-state index contributed by atoms with van der Waals surface area (Å²) in [7, 11) is 1.73. The van der Waals surface area contributed by atoms with Crippen LogP contribution >= 0.6 is 0 Å². The van der Waals surface area contributed by atoms with E-state index in [1.165, 1.54) is 0 Å². The van der Waals surface area contributed by atoms with Crippen molar-refractivity contribution in [2.24, 2.45) is 0 Å². The molecule has 114 valence electrons. The van der Waals surface area contributed by atoms with Gasteiger partial charge in [-0.05, 0) is 25.8 Å². The Kier molecular flexibility index (Phi) is 3.59. The molecule has 0 amide bonds. The molecular formula is C16H18N4O2. The van der Waals surface area contributed by atoms with Crippen molar-refractivity contribution in [3.63, 3.8) is 0 Å². The van der Waals surface area contributed by atoms with E-state index in [0.717, 1.165) is 31.3 Å². The Labute approximate surface area is 128 Å². The molecule has 0 unspecified atom stereocenters. The van der Waals surface area contributed by atoms with Crippen molar-refractivity contribution in [3.8, 4) is 6.07 Å². The highest BCUT2D eigenvalue weighted by atomic mass is 16.5. The lowest BCUT2D eigenvalue weighted by molar-refractivity contribution is -0.0132. The molecule has 3 heterocycles. The second-order valence-corrected chi connectivity index (χ2v) is 5.85. The first-order valence-electron chi connectivity index (χ1n) is 7.28. The predicted octanol–water partition coefficient (Wildman–Crippen LogP) is 1.80. The van der Waals surface area contributed by atoms with Crippen LogP contribution in [0, 0.1) is 11.3 Å². The molecule has 0 atom stereocenters. The van der Waals surface area contributed by atoms with Crippen molar-refractivity contribution >= 4 is 16.6 Å². The Hall–Kier alpha value is -2.39. The van der Waals surface area contributed by atoms with Crippen LogP contribution in [0.5, 0.6) is 0 Å². The largest absolute Gasteiger partial charge is 0.378 e. The average molecular weight is 298 g/mol. The number of fused-ring (bicyclic) bond motifs is 1. The third kappa shape index (κ3) is 2.34. The van der Waals surface area contributed by atoms with Gasteiger partial charge in [-0.1, -0.05) is 0 Å². The monoisotopic (exact) mass is 298 g/mol. The Balaban J connectivity index is 2.11. The summed E-state index contributed by atoms with van der Waals surface area (Å²) in [6.45, 7) is 3.59. The summed E-state index contributed by atoms with van der Waals surface area (Å²) >= 11 is 0. The number of aromatic amines is 1. The van der Waals surface area contributed by atoms with Crippen LogP contribution in [0.4, 0.5) is 5.69 Å². The van der Waals surface area contributed by atoms with Crippen molar-refractivity contribution < 1.29 is 4.74 Å². The number of aromatic nitrogens is 2. The van der Waals surface area contributed by atoms with Gasteiger partial charge in [-0.3, -0.25) is 9.78 Å². The lowest BCUT2D eigenvalue weighted by Gasteiger charge is -2.40. The topological polar surface area (TPSA) is 82.0 Å². The van der Waals surface area contributed by atoms with Gasteiger partial charge in [0.25, 0.3) is 5.56 Å². The van der Waals surface area contributed by atoms with Crippen molar-refractivity contribution in [1.29, 1.82) is 5.26 Å². The van der Waals surface area contributed by atoms with Crippen molar-refractivity contribution in [3.05, 3.63) is 34.4 Å². The predicted molar refractivity (Wildman–Crippen MR) is 83.9 cm³/mol. The Bertz CT molecular complexity index is 798. The maximum Gasteiger partial charge on any atom is 0.268 e. The number of anilines is 1. The number of piperidine rings is 1. The zero-order valence-electron chi connectivity index (χ0n) is 12.7. The van der Waals surface area contributed by atoms with E-state index in [1.807, 2.05) is 6.07 Å². The summed E-state index contributed by atoms with van der Waals surface area (Å²) in [5, 5.41) is 10.3. The smallest absolute Gasteiger partial charge is 0.268 e. The number of nitrogens with zero attached hydrogens (tertiary/aromatic N) is 3. The van der Waals surface area contributed by atoms with Crippen molar-refractivity contribution in [2.45, 2.75) is 25.4 Å². The van der Waals surface area contributed by atoms with E-state index in [2.05, 4.69) is 27.9 Å². The number of H-pyrrole nitrogens is 1. The first kappa shape index (κ1) is 14.5. The molecule has 0 aromatic carbocycles. The Morgan fingerprint density at radius 1 is 1.45 bits per heavy atom. The molecule has 1 aliphatic rings. The molecule has 1 aliphatic heterocycles. The van der Waals surface area contributed by atoms with E-state index in [4.69, 9.17) is 4.74 Å². The van der Waals surface area contributed by atoms with Gasteiger partial charge in [0.05, 0.1) is 23.0 Å². The maximum atomic E-state index is 12.2. The average Bonchev–Trinajstić information content (AvgIpc) is 2.54. The van der Waals surface area contributed by atoms with Crippen molar-refractivity contribution in [1.82, 2.24) is 9.97 Å². The van der Waals surface area contributed by atoms with Crippen LogP contribution in [0.25, 0.3) is 10.9 Å². The second-order valence-electron chi connectivity index (χ2n) is 5.85. The molecule has 0 radical (unpaired) electrons. The van der Waals surface area contributed by atoms with E-state index in [-0.39, 0.29) is 16.7 Å². The highest BCUT2D eigenvalue weighted by Crippen LogP contribution is 2.32. The van der Waals surface area contributed by atoms with Gasteiger partial charge >= 0.3 is 0 Å². The number of ether oxygens (including phenoxy) is 1. The molecule has 2 aromatic rings. The summed E-state index contributed by atoms with van der Waals surface area (Å²) in [6, 6.07) is 3.89. The Morgan fingerprint density at radius 3 is 2.82 bits per heavy atom. The molecular weight excluding hydrogens is 280 g/mol. The number of methoxy groups -OCH3 is 1. The third-order valence-corrected chi connectivity index (χ3v) is 4.53. The molecule has 1 saturated heterocycles. The molecule has 0 bridgehead atoms. The van der Waals surface area contributed by atoms with Crippen LogP contribution in [-0.4, -0.2) is 35.8 Å². The van der Waals surface area contributed by atoms with Crippen molar-refractivity contribution in [2.75, 3.05) is 25.1 Å². The lowest BCUT2D eigenvalue weighted by Crippen LogP contribution is -2.44. The Morgan fingerprint density at radius 2 is 2.18 bits per heavy atom. The van der Waals surface area contributed by atoms with E-state index in [1.54, 1.807) is 19.5 Å². The van der Waals surface area contributed by atoms with Gasteiger partial charge in [0, 0.05) is 31.8 Å². The minimum atomic E-state index is -0.363. The highest BCUT2D eigenvalue weighted by Gasteiger charge is 2.31. The molecule has 0 aliphatic carbocycles. The molecule has 0 saturated carbocycles. The van der Waals surface area contributed by atoms with Crippen LogP contribution in [-0.2, 0) is 4.74 Å². The summed E-state index contributed by atoms with van der Waals surface area (Å²) in [5.74, 6) is 0. The van der Waals surface area contributed by atoms with E-state index < -0.39 is 0 Å². The zero-order valence-corrected chi connectivity index (χ0v) is 12.7. The van der Waals surface area contributed by atoms with Crippen LogP contribution in [0.3, 0.4) is 0 Å². The molecule has 3 rings (SSSR count). The minimum absolute atomic E-state index is 0.137. The quantitative estimate of drug-likeness (QED) is 0.914. The molecule has 6 heteroatoms. The fourth-order valence-corrected chi connectivity index (χ4v) is 2.97. The van der Waals surface area contributed by atoms with E-state index >= 15 is 0 Å². The minimum Gasteiger partial charge on any atom is -0.378 e. The first-order chi connectivity index (χ1) is 10.6. The first-order valence-corrected chi connectivity index (χ1v) is 7.28. The summed E-state index contributed by atoms with van der Waals surface area (Å²) < 4.78 is 5.56. The van der Waals surface area contributed by atoms with Gasteiger partial charge in [-0.15, -0.1) is 0 Å². The fraction of sp³-hybridized carbons (Fsp3) is 0.438. The summed E-state index contributed by atoms with van der Waals surface area (Å²) in [6.07, 6.45) is 5.00. The molecule has 0 spiro atoms. The van der Waals surface area contributed by atoms with Gasteiger partial charge < -0.3 is 14.6 Å². The normalized spacial score (nSPS) is 17.4. The third-order valence-electron chi connectivity index (χ3n) is 4.53. The zero-order chi connectivity index (χ0) is 15.7. The fourth-order valence-electron chi connectivity index (χ4n) is 2.97. The van der Waals surface area contributed by atoms with E-state index in [9.17, 15) is 10.1 Å². The summed E-state index contributed by atoms with van der Waals surface area (Å²) in [5.41, 5.74) is 1.03. The van der Waals surface area contributed by atoms with Crippen LogP contribution in [0.15, 0.2) is 23.3 Å². The van der Waals surface area contributed by atoms with Gasteiger partial charge in [-0.25, -0.2) is 0 Å². The standard InChI is InChI=1S/C16H18N4O2/c1-16(22-2)4-7-20(8-5-16)14-11-3-6-18-10-13(11)19-15(21)12(14)9-17/h3,6,10H,4-5,7-8H2,1-2H3,(H,19,21). The van der Waals surface area contributed by atoms with Crippen LogP contribution in [0.2, 0.25) is 0 Å². The second kappa shape index (κ2) is 5.43. The van der Waals surface area contributed by atoms with Crippen LogP contribution in [0.1, 0.15) is 25.3 Å². The molecule has 1 fully saturated rings. The molecule has 1 N–H and O–H groups in total. The molecule has 2 aromatic heterocycles. The van der Waals surface area contributed by atoms with Gasteiger partial charge in [0.2, 0.25) is 0 Å².